The van der Waals surface area contributed by atoms with E-state index < -0.39 is 0 Å². The molecule has 40 heavy (non-hydrogen) atoms. The van der Waals surface area contributed by atoms with Gasteiger partial charge in [-0.05, 0) is 89.5 Å². The Kier molecular flexibility index (Phi) is 6.92. The number of aromatic amines is 1. The number of benzene rings is 2. The molecule has 2 aromatic carbocycles. The molecule has 0 spiro atoms. The van der Waals surface area contributed by atoms with Crippen LogP contribution in [-0.4, -0.2) is 21.8 Å². The van der Waals surface area contributed by atoms with Crippen LogP contribution in [0.1, 0.15) is 117 Å². The summed E-state index contributed by atoms with van der Waals surface area (Å²) in [5.41, 5.74) is 8.19. The number of carbonyl (C=O) groups excluding carboxylic acids is 1. The lowest BCUT2D eigenvalue weighted by Gasteiger charge is -2.42. The minimum atomic E-state index is 0.00785. The summed E-state index contributed by atoms with van der Waals surface area (Å²) in [5, 5.41) is 1.19. The van der Waals surface area contributed by atoms with Crippen LogP contribution < -0.4 is 0 Å². The van der Waals surface area contributed by atoms with Gasteiger partial charge in [0.25, 0.3) is 5.91 Å². The molecule has 1 amide bonds. The maximum absolute atomic E-state index is 14.0. The summed E-state index contributed by atoms with van der Waals surface area (Å²) in [6.07, 6.45) is 10.9. The molecule has 0 aliphatic heterocycles. The van der Waals surface area contributed by atoms with Crippen LogP contribution in [0.3, 0.4) is 0 Å². The number of hydrogen-bond acceptors (Lipinski definition) is 2. The Labute approximate surface area is 239 Å². The third-order valence-corrected chi connectivity index (χ3v) is 9.84. The van der Waals surface area contributed by atoms with E-state index in [4.69, 9.17) is 4.42 Å². The minimum absolute atomic E-state index is 0.00785. The second kappa shape index (κ2) is 10.3. The van der Waals surface area contributed by atoms with Gasteiger partial charge in [0.05, 0.1) is 0 Å². The van der Waals surface area contributed by atoms with E-state index in [9.17, 15) is 4.79 Å². The highest BCUT2D eigenvalue weighted by Gasteiger charge is 2.37. The van der Waals surface area contributed by atoms with Gasteiger partial charge in [0.1, 0.15) is 5.76 Å². The molecule has 210 valence electrons. The first kappa shape index (κ1) is 26.9. The molecule has 0 atom stereocenters. The molecule has 1 fully saturated rings. The second-order valence-electron chi connectivity index (χ2n) is 13.6. The maximum Gasteiger partial charge on any atom is 0.290 e. The van der Waals surface area contributed by atoms with Crippen molar-refractivity contribution in [2.75, 3.05) is 0 Å². The van der Waals surface area contributed by atoms with Crippen LogP contribution in [0.2, 0.25) is 0 Å². The zero-order valence-corrected chi connectivity index (χ0v) is 24.9. The number of H-pyrrole nitrogens is 1. The van der Waals surface area contributed by atoms with Gasteiger partial charge in [-0.15, -0.1) is 0 Å². The number of fused-ring (bicyclic) bond motifs is 2. The van der Waals surface area contributed by atoms with E-state index in [1.165, 1.54) is 59.7 Å². The smallest absolute Gasteiger partial charge is 0.290 e. The summed E-state index contributed by atoms with van der Waals surface area (Å²) in [7, 11) is 0. The molecule has 1 N–H and O–H groups in total. The van der Waals surface area contributed by atoms with E-state index >= 15 is 0 Å². The number of hydrogen-bond donors (Lipinski definition) is 1. The second-order valence-corrected chi connectivity index (χ2v) is 13.6. The Morgan fingerprint density at radius 3 is 2.38 bits per heavy atom. The predicted octanol–water partition coefficient (Wildman–Crippen LogP) is 8.98. The van der Waals surface area contributed by atoms with Gasteiger partial charge in [-0.1, -0.05) is 77.3 Å². The highest BCUT2D eigenvalue weighted by atomic mass is 16.4. The van der Waals surface area contributed by atoms with E-state index in [0.29, 0.717) is 18.7 Å². The molecule has 2 aliphatic rings. The molecule has 0 radical (unpaired) electrons. The quantitative estimate of drug-likeness (QED) is 0.267. The van der Waals surface area contributed by atoms with Gasteiger partial charge >= 0.3 is 0 Å². The maximum atomic E-state index is 14.0. The van der Waals surface area contributed by atoms with E-state index in [1.54, 1.807) is 0 Å². The first-order valence-corrected chi connectivity index (χ1v) is 15.2. The molecule has 4 heteroatoms. The summed E-state index contributed by atoms with van der Waals surface area (Å²) in [4.78, 5) is 19.5. The predicted molar refractivity (Wildman–Crippen MR) is 163 cm³/mol. The van der Waals surface area contributed by atoms with Crippen molar-refractivity contribution < 1.29 is 9.21 Å². The van der Waals surface area contributed by atoms with Crippen LogP contribution in [0.15, 0.2) is 59.1 Å². The zero-order valence-electron chi connectivity index (χ0n) is 24.9. The van der Waals surface area contributed by atoms with Gasteiger partial charge < -0.3 is 14.3 Å². The third kappa shape index (κ3) is 5.02. The highest BCUT2D eigenvalue weighted by Crippen LogP contribution is 2.46. The molecule has 0 unspecified atom stereocenters. The summed E-state index contributed by atoms with van der Waals surface area (Å²) in [6.45, 7) is 12.3. The summed E-state index contributed by atoms with van der Waals surface area (Å²) >= 11 is 0. The normalized spacial score (nSPS) is 18.5. The van der Waals surface area contributed by atoms with Gasteiger partial charge in [0.2, 0.25) is 0 Å². The lowest BCUT2D eigenvalue weighted by Crippen LogP contribution is -2.40. The van der Waals surface area contributed by atoms with Gasteiger partial charge in [-0.3, -0.25) is 4.79 Å². The zero-order chi connectivity index (χ0) is 28.1. The van der Waals surface area contributed by atoms with Crippen molar-refractivity contribution in [3.8, 4) is 0 Å². The van der Waals surface area contributed by atoms with E-state index in [1.807, 2.05) is 18.2 Å². The molecule has 2 heterocycles. The van der Waals surface area contributed by atoms with E-state index in [2.05, 4.69) is 81.0 Å². The van der Waals surface area contributed by atoms with Crippen LogP contribution >= 0.6 is 0 Å². The Morgan fingerprint density at radius 1 is 0.925 bits per heavy atom. The van der Waals surface area contributed by atoms with Crippen molar-refractivity contribution in [1.82, 2.24) is 9.88 Å². The standard InChI is InChI=1S/C36H44N2O2/c1-24-19-30-31(36(4,5)18-17-35(30,2)3)21-25(24)20-28-15-16-33(40-28)34(39)38(27-11-7-6-8-12-27)23-26-22-37-32-14-10-9-13-29(26)32/h9-10,13-16,19,21-22,27,37H,6-8,11-12,17-18,20,23H2,1-5H3. The number of para-hydroxylation sites is 1. The van der Waals surface area contributed by atoms with Gasteiger partial charge in [0, 0.05) is 36.1 Å². The fraction of sp³-hybridized carbons (Fsp3) is 0.472. The molecule has 4 nitrogen and oxygen atoms in total. The fourth-order valence-corrected chi connectivity index (χ4v) is 7.08. The van der Waals surface area contributed by atoms with Crippen LogP contribution in [0.4, 0.5) is 0 Å². The molecular formula is C36H44N2O2. The average molecular weight is 537 g/mol. The molecule has 0 bridgehead atoms. The van der Waals surface area contributed by atoms with Crippen LogP contribution in [0.5, 0.6) is 0 Å². The topological polar surface area (TPSA) is 49.2 Å². The SMILES string of the molecule is Cc1cc2c(cc1Cc1ccc(C(=O)N(Cc3c[nH]c4ccccc34)C3CCCCC3)o1)C(C)(C)CCC2(C)C. The monoisotopic (exact) mass is 536 g/mol. The van der Waals surface area contributed by atoms with Crippen molar-refractivity contribution in [2.45, 2.75) is 109 Å². The van der Waals surface area contributed by atoms with Crippen molar-refractivity contribution in [3.63, 3.8) is 0 Å². The van der Waals surface area contributed by atoms with Gasteiger partial charge in [0.15, 0.2) is 5.76 Å². The number of rotatable bonds is 6. The number of furan rings is 1. The van der Waals surface area contributed by atoms with Crippen LogP contribution in [0.25, 0.3) is 10.9 Å². The summed E-state index contributed by atoms with van der Waals surface area (Å²) < 4.78 is 6.32. The Bertz CT molecular complexity index is 1530. The number of aromatic nitrogens is 1. The Hall–Kier alpha value is -3.27. The fourth-order valence-electron chi connectivity index (χ4n) is 7.08. The third-order valence-electron chi connectivity index (χ3n) is 9.84. The average Bonchev–Trinajstić information content (AvgIpc) is 3.58. The largest absolute Gasteiger partial charge is 0.456 e. The van der Waals surface area contributed by atoms with Crippen LogP contribution in [-0.2, 0) is 23.8 Å². The Balaban J connectivity index is 1.27. The number of amides is 1. The molecule has 0 saturated heterocycles. The number of aryl methyl sites for hydroxylation is 1. The van der Waals surface area contributed by atoms with Crippen molar-refractivity contribution >= 4 is 16.8 Å². The lowest BCUT2D eigenvalue weighted by atomic mass is 9.62. The molecule has 4 aromatic rings. The van der Waals surface area contributed by atoms with Gasteiger partial charge in [-0.2, -0.15) is 0 Å². The van der Waals surface area contributed by atoms with Crippen molar-refractivity contribution in [3.05, 3.63) is 94.1 Å². The number of carbonyl (C=O) groups is 1. The Morgan fingerprint density at radius 2 is 1.62 bits per heavy atom. The van der Waals surface area contributed by atoms with E-state index in [-0.39, 0.29) is 22.8 Å². The molecular weight excluding hydrogens is 492 g/mol. The first-order chi connectivity index (χ1) is 19.1. The lowest BCUT2D eigenvalue weighted by molar-refractivity contribution is 0.0581. The molecule has 2 aliphatic carbocycles. The number of nitrogens with one attached hydrogen (secondary N) is 1. The van der Waals surface area contributed by atoms with Crippen molar-refractivity contribution in [2.24, 2.45) is 0 Å². The molecule has 1 saturated carbocycles. The highest BCUT2D eigenvalue weighted by molar-refractivity contribution is 5.92. The van der Waals surface area contributed by atoms with Gasteiger partial charge in [-0.25, -0.2) is 0 Å². The summed E-state index contributed by atoms with van der Waals surface area (Å²) in [5.74, 6) is 1.32. The van der Waals surface area contributed by atoms with Crippen LogP contribution in [0, 0.1) is 6.92 Å². The minimum Gasteiger partial charge on any atom is -0.456 e. The molecule has 6 rings (SSSR count). The molecule has 2 aromatic heterocycles. The number of nitrogens with zero attached hydrogens (tertiary/aromatic N) is 1. The first-order valence-electron chi connectivity index (χ1n) is 15.2. The summed E-state index contributed by atoms with van der Waals surface area (Å²) in [6, 6.07) is 17.3. The van der Waals surface area contributed by atoms with Crippen molar-refractivity contribution in [1.29, 1.82) is 0 Å². The van der Waals surface area contributed by atoms with E-state index in [0.717, 1.165) is 29.7 Å².